The maximum atomic E-state index is 12.3. The van der Waals surface area contributed by atoms with Crippen LogP contribution in [0, 0.1) is 11.8 Å². The summed E-state index contributed by atoms with van der Waals surface area (Å²) in [7, 11) is 0. The minimum absolute atomic E-state index is 0.110. The van der Waals surface area contributed by atoms with Gasteiger partial charge in [0.15, 0.2) is 0 Å². The first kappa shape index (κ1) is 16.2. The van der Waals surface area contributed by atoms with E-state index < -0.39 is 0 Å². The van der Waals surface area contributed by atoms with Gasteiger partial charge in [-0.05, 0) is 19.3 Å². The Morgan fingerprint density at radius 3 is 2.47 bits per heavy atom. The molecular weight excluding hydrogens is 262 g/mol. The van der Waals surface area contributed by atoms with Crippen LogP contribution in [0.25, 0.3) is 0 Å². The molecule has 1 aromatic heterocycles. The quantitative estimate of drug-likeness (QED) is 0.837. The molecule has 1 atom stereocenters. The van der Waals surface area contributed by atoms with Crippen LogP contribution < -0.4 is 5.73 Å². The van der Waals surface area contributed by atoms with Crippen molar-refractivity contribution in [3.8, 4) is 0 Å². The minimum atomic E-state index is -0.110. The van der Waals surface area contributed by atoms with Crippen LogP contribution in [-0.4, -0.2) is 22.1 Å². The molecule has 0 fully saturated rings. The summed E-state index contributed by atoms with van der Waals surface area (Å²) in [5.74, 6) is 0.290. The van der Waals surface area contributed by atoms with Crippen molar-refractivity contribution in [2.75, 3.05) is 6.54 Å². The van der Waals surface area contributed by atoms with Crippen molar-refractivity contribution >= 4 is 17.4 Å². The van der Waals surface area contributed by atoms with Gasteiger partial charge in [-0.3, -0.25) is 9.48 Å². The zero-order valence-electron chi connectivity index (χ0n) is 12.2. The molecule has 0 aromatic carbocycles. The van der Waals surface area contributed by atoms with Crippen molar-refractivity contribution in [1.82, 2.24) is 9.78 Å². The Labute approximate surface area is 120 Å². The van der Waals surface area contributed by atoms with E-state index in [0.717, 1.165) is 24.4 Å². The molecule has 1 unspecified atom stereocenters. The predicted molar refractivity (Wildman–Crippen MR) is 78.4 cm³/mol. The average molecular weight is 286 g/mol. The second-order valence-electron chi connectivity index (χ2n) is 5.11. The molecule has 0 spiro atoms. The molecule has 0 aliphatic rings. The van der Waals surface area contributed by atoms with Gasteiger partial charge in [0.2, 0.25) is 0 Å². The standard InChI is InChI=1S/C14H24ClN3O/c1-5-11-14(15)12(18(6-2)17-11)7-13(19)10(8-16)9(3)4/h9-10H,5-8,16H2,1-4H3. The van der Waals surface area contributed by atoms with Crippen LogP contribution in [0.15, 0.2) is 0 Å². The molecular formula is C14H24ClN3O. The lowest BCUT2D eigenvalue weighted by molar-refractivity contribution is -0.123. The average Bonchev–Trinajstić information content (AvgIpc) is 2.66. The third-order valence-corrected chi connectivity index (χ3v) is 3.94. The number of ketones is 1. The maximum absolute atomic E-state index is 12.3. The molecule has 2 N–H and O–H groups in total. The fraction of sp³-hybridized carbons (Fsp3) is 0.714. The lowest BCUT2D eigenvalue weighted by atomic mass is 9.89. The summed E-state index contributed by atoms with van der Waals surface area (Å²) in [5.41, 5.74) is 7.38. The van der Waals surface area contributed by atoms with E-state index in [1.54, 1.807) is 0 Å². The highest BCUT2D eigenvalue weighted by molar-refractivity contribution is 6.32. The zero-order chi connectivity index (χ0) is 14.6. The van der Waals surface area contributed by atoms with Gasteiger partial charge in [-0.15, -0.1) is 0 Å². The Bertz CT molecular complexity index is 440. The third-order valence-electron chi connectivity index (χ3n) is 3.51. The van der Waals surface area contributed by atoms with E-state index in [2.05, 4.69) is 5.10 Å². The summed E-state index contributed by atoms with van der Waals surface area (Å²) >= 11 is 6.31. The highest BCUT2D eigenvalue weighted by atomic mass is 35.5. The Kier molecular flexibility index (Phi) is 6.01. The molecule has 4 nitrogen and oxygen atoms in total. The molecule has 0 bridgehead atoms. The van der Waals surface area contributed by atoms with Crippen LogP contribution in [0.5, 0.6) is 0 Å². The van der Waals surface area contributed by atoms with Crippen molar-refractivity contribution in [3.63, 3.8) is 0 Å². The van der Waals surface area contributed by atoms with E-state index in [0.29, 0.717) is 18.0 Å². The Balaban J connectivity index is 2.98. The molecule has 1 rings (SSSR count). The van der Waals surface area contributed by atoms with E-state index in [1.807, 2.05) is 32.4 Å². The summed E-state index contributed by atoms with van der Waals surface area (Å²) in [5, 5.41) is 5.07. The SMILES string of the molecule is CCc1nn(CC)c(CC(=O)C(CN)C(C)C)c1Cl. The fourth-order valence-corrected chi connectivity index (χ4v) is 2.59. The highest BCUT2D eigenvalue weighted by Crippen LogP contribution is 2.24. The normalized spacial score (nSPS) is 13.0. The minimum Gasteiger partial charge on any atom is -0.330 e. The van der Waals surface area contributed by atoms with Crippen LogP contribution in [-0.2, 0) is 24.2 Å². The molecule has 1 heterocycles. The van der Waals surface area contributed by atoms with Gasteiger partial charge in [-0.2, -0.15) is 5.10 Å². The summed E-state index contributed by atoms with van der Waals surface area (Å²) in [4.78, 5) is 12.3. The number of rotatable bonds is 7. The monoisotopic (exact) mass is 285 g/mol. The largest absolute Gasteiger partial charge is 0.330 e. The van der Waals surface area contributed by atoms with E-state index in [4.69, 9.17) is 17.3 Å². The number of carbonyl (C=O) groups is 1. The molecule has 19 heavy (non-hydrogen) atoms. The maximum Gasteiger partial charge on any atom is 0.143 e. The van der Waals surface area contributed by atoms with Gasteiger partial charge in [0, 0.05) is 19.0 Å². The second-order valence-corrected chi connectivity index (χ2v) is 5.48. The van der Waals surface area contributed by atoms with E-state index in [9.17, 15) is 4.79 Å². The molecule has 108 valence electrons. The Morgan fingerprint density at radius 2 is 2.05 bits per heavy atom. The number of Topliss-reactive ketones (excluding diaryl/α,β-unsaturated/α-hetero) is 1. The summed E-state index contributed by atoms with van der Waals surface area (Å²) in [6, 6.07) is 0. The summed E-state index contributed by atoms with van der Waals surface area (Å²) < 4.78 is 1.83. The van der Waals surface area contributed by atoms with Gasteiger partial charge in [-0.25, -0.2) is 0 Å². The Hall–Kier alpha value is -0.870. The lowest BCUT2D eigenvalue weighted by Crippen LogP contribution is -2.30. The van der Waals surface area contributed by atoms with Crippen molar-refractivity contribution in [2.24, 2.45) is 17.6 Å². The van der Waals surface area contributed by atoms with Crippen molar-refractivity contribution in [1.29, 1.82) is 0 Å². The zero-order valence-corrected chi connectivity index (χ0v) is 13.0. The summed E-state index contributed by atoms with van der Waals surface area (Å²) in [6.45, 7) is 9.15. The molecule has 0 saturated carbocycles. The van der Waals surface area contributed by atoms with Crippen LogP contribution in [0.3, 0.4) is 0 Å². The molecule has 1 aromatic rings. The topological polar surface area (TPSA) is 60.9 Å². The molecule has 0 aliphatic heterocycles. The first-order valence-corrected chi connectivity index (χ1v) is 7.30. The number of hydrogen-bond acceptors (Lipinski definition) is 3. The molecule has 0 saturated heterocycles. The van der Waals surface area contributed by atoms with Crippen LogP contribution in [0.2, 0.25) is 5.02 Å². The van der Waals surface area contributed by atoms with Gasteiger partial charge >= 0.3 is 0 Å². The number of aromatic nitrogens is 2. The lowest BCUT2D eigenvalue weighted by Gasteiger charge is -2.17. The van der Waals surface area contributed by atoms with Gasteiger partial charge in [0.05, 0.1) is 22.8 Å². The molecule has 0 amide bonds. The predicted octanol–water partition coefficient (Wildman–Crippen LogP) is 2.46. The highest BCUT2D eigenvalue weighted by Gasteiger charge is 2.24. The van der Waals surface area contributed by atoms with Gasteiger partial charge in [0.25, 0.3) is 0 Å². The van der Waals surface area contributed by atoms with Crippen LogP contribution >= 0.6 is 11.6 Å². The fourth-order valence-electron chi connectivity index (χ4n) is 2.26. The first-order valence-electron chi connectivity index (χ1n) is 6.92. The second kappa shape index (κ2) is 7.06. The van der Waals surface area contributed by atoms with Crippen molar-refractivity contribution in [3.05, 3.63) is 16.4 Å². The number of hydrogen-bond donors (Lipinski definition) is 1. The van der Waals surface area contributed by atoms with Gasteiger partial charge in [0.1, 0.15) is 5.78 Å². The molecule has 0 radical (unpaired) electrons. The Morgan fingerprint density at radius 1 is 1.42 bits per heavy atom. The van der Waals surface area contributed by atoms with E-state index in [1.165, 1.54) is 0 Å². The van der Waals surface area contributed by atoms with Crippen molar-refractivity contribution < 1.29 is 4.79 Å². The molecule has 5 heteroatoms. The van der Waals surface area contributed by atoms with Gasteiger partial charge < -0.3 is 5.73 Å². The number of aryl methyl sites for hydroxylation is 2. The number of halogens is 1. The molecule has 0 aliphatic carbocycles. The smallest absolute Gasteiger partial charge is 0.143 e. The number of nitrogens with zero attached hydrogens (tertiary/aromatic N) is 2. The van der Waals surface area contributed by atoms with Gasteiger partial charge in [-0.1, -0.05) is 32.4 Å². The third kappa shape index (κ3) is 3.57. The van der Waals surface area contributed by atoms with E-state index in [-0.39, 0.29) is 17.6 Å². The van der Waals surface area contributed by atoms with E-state index >= 15 is 0 Å². The van der Waals surface area contributed by atoms with Crippen LogP contribution in [0.1, 0.15) is 39.1 Å². The van der Waals surface area contributed by atoms with Crippen LogP contribution in [0.4, 0.5) is 0 Å². The first-order chi connectivity index (χ1) is 8.96. The summed E-state index contributed by atoms with van der Waals surface area (Å²) in [6.07, 6.45) is 1.09. The van der Waals surface area contributed by atoms with Crippen molar-refractivity contribution in [2.45, 2.75) is 47.1 Å². The number of nitrogens with two attached hydrogens (primary N) is 1. The number of carbonyl (C=O) groups excluding carboxylic acids is 1.